The van der Waals surface area contributed by atoms with Gasteiger partial charge < -0.3 is 45.0 Å². The first-order valence-electron chi connectivity index (χ1n) is 22.2. The molecule has 0 saturated heterocycles. The summed E-state index contributed by atoms with van der Waals surface area (Å²) < 4.78 is 33.3. The van der Waals surface area contributed by atoms with Crippen LogP contribution in [0.2, 0.25) is 0 Å². The predicted octanol–water partition coefficient (Wildman–Crippen LogP) is 7.14. The van der Waals surface area contributed by atoms with E-state index in [1.165, 1.54) is 51.4 Å². The Labute approximate surface area is 358 Å². The average Bonchev–Trinajstić information content (AvgIpc) is 3.22. The molecule has 0 aromatic rings. The minimum Gasteiger partial charge on any atom is -0.462 e. The van der Waals surface area contributed by atoms with Gasteiger partial charge in [-0.25, -0.2) is 4.57 Å². The Balaban J connectivity index is 2.57. The van der Waals surface area contributed by atoms with Crippen LogP contribution in [0.15, 0.2) is 60.8 Å². The van der Waals surface area contributed by atoms with Gasteiger partial charge in [0.25, 0.3) is 0 Å². The minimum atomic E-state index is -5.16. The fourth-order valence-electron chi connectivity index (χ4n) is 6.37. The van der Waals surface area contributed by atoms with Crippen LogP contribution in [0.4, 0.5) is 0 Å². The summed E-state index contributed by atoms with van der Waals surface area (Å²) in [4.78, 5) is 35.6. The summed E-state index contributed by atoms with van der Waals surface area (Å²) in [5.74, 6) is -1.31. The van der Waals surface area contributed by atoms with Crippen molar-refractivity contribution in [2.45, 2.75) is 198 Å². The number of unbranched alkanes of at least 4 members (excludes halogenated alkanes) is 12. The van der Waals surface area contributed by atoms with Gasteiger partial charge in [-0.05, 0) is 44.9 Å². The molecule has 0 aliphatic heterocycles. The number of ether oxygens (including phenoxy) is 2. The summed E-state index contributed by atoms with van der Waals surface area (Å²) in [5.41, 5.74) is 0. The maximum Gasteiger partial charge on any atom is 0.472 e. The molecule has 0 amide bonds. The Kier molecular flexibility index (Phi) is 32.4. The molecule has 0 radical (unpaired) electrons. The van der Waals surface area contributed by atoms with E-state index in [0.717, 1.165) is 51.4 Å². The molecular formula is C45H77O14P. The van der Waals surface area contributed by atoms with E-state index >= 15 is 0 Å². The van der Waals surface area contributed by atoms with Crippen molar-refractivity contribution in [3.63, 3.8) is 0 Å². The first-order valence-corrected chi connectivity index (χ1v) is 23.7. The Morgan fingerprint density at radius 3 is 1.63 bits per heavy atom. The molecule has 1 fully saturated rings. The van der Waals surface area contributed by atoms with Crippen LogP contribution in [0.3, 0.4) is 0 Å². The maximum atomic E-state index is 12.8. The lowest BCUT2D eigenvalue weighted by Crippen LogP contribution is -2.64. The molecule has 4 unspecified atom stereocenters. The lowest BCUT2D eigenvalue weighted by molar-refractivity contribution is -0.220. The zero-order valence-electron chi connectivity index (χ0n) is 36.1. The van der Waals surface area contributed by atoms with Crippen LogP contribution < -0.4 is 0 Å². The number of aliphatic hydroxyl groups is 6. The number of esters is 2. The minimum absolute atomic E-state index is 0.0559. The summed E-state index contributed by atoms with van der Waals surface area (Å²) in [6.45, 7) is 2.99. The fraction of sp³-hybridized carbons (Fsp3) is 0.733. The van der Waals surface area contributed by atoms with Crippen molar-refractivity contribution in [3.05, 3.63) is 60.8 Å². The second-order valence-electron chi connectivity index (χ2n) is 15.4. The van der Waals surface area contributed by atoms with Crippen molar-refractivity contribution < 1.29 is 68.2 Å². The molecule has 15 heteroatoms. The summed E-state index contributed by atoms with van der Waals surface area (Å²) in [5, 5.41) is 60.4. The Bertz CT molecular complexity index is 1300. The molecule has 0 bridgehead atoms. The van der Waals surface area contributed by atoms with Crippen LogP contribution in [0.1, 0.15) is 149 Å². The fourth-order valence-corrected chi connectivity index (χ4v) is 7.35. The first kappa shape index (κ1) is 55.5. The van der Waals surface area contributed by atoms with Gasteiger partial charge in [0.2, 0.25) is 0 Å². The van der Waals surface area contributed by atoms with E-state index in [1.807, 2.05) is 12.2 Å². The highest BCUT2D eigenvalue weighted by molar-refractivity contribution is 7.47. The molecule has 60 heavy (non-hydrogen) atoms. The van der Waals surface area contributed by atoms with Crippen molar-refractivity contribution in [3.8, 4) is 0 Å². The molecule has 1 aliphatic carbocycles. The summed E-state index contributed by atoms with van der Waals surface area (Å²) in [7, 11) is -5.16. The van der Waals surface area contributed by atoms with Gasteiger partial charge in [-0.15, -0.1) is 0 Å². The van der Waals surface area contributed by atoms with Crippen molar-refractivity contribution in [2.75, 3.05) is 13.2 Å². The van der Waals surface area contributed by atoms with Gasteiger partial charge in [0, 0.05) is 12.8 Å². The van der Waals surface area contributed by atoms with E-state index in [1.54, 1.807) is 12.2 Å². The number of allylic oxidation sites excluding steroid dienone is 9. The molecule has 0 spiro atoms. The number of aliphatic hydroxyl groups excluding tert-OH is 6. The van der Waals surface area contributed by atoms with Crippen molar-refractivity contribution in [1.82, 2.24) is 0 Å². The normalized spacial score (nSPS) is 23.3. The van der Waals surface area contributed by atoms with Crippen LogP contribution in [-0.2, 0) is 32.7 Å². The van der Waals surface area contributed by atoms with Crippen LogP contribution in [0.5, 0.6) is 0 Å². The molecule has 14 nitrogen and oxygen atoms in total. The van der Waals surface area contributed by atoms with Gasteiger partial charge in [-0.2, -0.15) is 0 Å². The Morgan fingerprint density at radius 1 is 0.600 bits per heavy atom. The van der Waals surface area contributed by atoms with Gasteiger partial charge in [0.05, 0.1) is 12.7 Å². The maximum absolute atomic E-state index is 12.8. The van der Waals surface area contributed by atoms with E-state index in [0.29, 0.717) is 6.42 Å². The third-order valence-corrected chi connectivity index (χ3v) is 11.0. The van der Waals surface area contributed by atoms with Crippen molar-refractivity contribution in [1.29, 1.82) is 0 Å². The quantitative estimate of drug-likeness (QED) is 0.0110. The third-order valence-electron chi connectivity index (χ3n) is 9.98. The molecule has 9 atom stereocenters. The summed E-state index contributed by atoms with van der Waals surface area (Å²) >= 11 is 0. The molecule has 7 N–H and O–H groups in total. The molecular weight excluding hydrogens is 795 g/mol. The average molecular weight is 873 g/mol. The van der Waals surface area contributed by atoms with Gasteiger partial charge in [-0.3, -0.25) is 18.6 Å². The van der Waals surface area contributed by atoms with Crippen LogP contribution in [0, 0.1) is 0 Å². The molecule has 0 heterocycles. The number of hydrogen-bond acceptors (Lipinski definition) is 13. The lowest BCUT2D eigenvalue weighted by Gasteiger charge is -2.41. The van der Waals surface area contributed by atoms with E-state index < -0.39 is 81.8 Å². The number of hydrogen-bond donors (Lipinski definition) is 7. The smallest absolute Gasteiger partial charge is 0.462 e. The van der Waals surface area contributed by atoms with Crippen molar-refractivity contribution >= 4 is 19.8 Å². The van der Waals surface area contributed by atoms with Gasteiger partial charge in [0.15, 0.2) is 6.10 Å². The number of phosphoric ester groups is 1. The van der Waals surface area contributed by atoms with Crippen molar-refractivity contribution in [2.24, 2.45) is 0 Å². The highest BCUT2D eigenvalue weighted by Crippen LogP contribution is 2.47. The van der Waals surface area contributed by atoms with Gasteiger partial charge in [0.1, 0.15) is 43.2 Å². The zero-order chi connectivity index (χ0) is 44.4. The zero-order valence-corrected chi connectivity index (χ0v) is 37.0. The number of carbonyl (C=O) groups excluding carboxylic acids is 2. The van der Waals surface area contributed by atoms with E-state index in [9.17, 15) is 49.7 Å². The molecule has 0 aromatic heterocycles. The summed E-state index contributed by atoms with van der Waals surface area (Å²) in [6, 6.07) is 0. The second-order valence-corrected chi connectivity index (χ2v) is 16.8. The highest BCUT2D eigenvalue weighted by atomic mass is 31.2. The van der Waals surface area contributed by atoms with E-state index in [4.69, 9.17) is 18.5 Å². The largest absolute Gasteiger partial charge is 0.472 e. The standard InChI is InChI=1S/C45H77O14P/c1-3-5-7-9-11-13-15-17-19-21-23-25-27-30-36(46)31-29-33-38(47)56-34-37(35-57-60(54,55)59-45-43(52)41(50)40(49)42(51)44(45)53)58-39(48)32-28-26-24-22-20-18-16-14-12-10-8-6-4-2/h5,7,11,13,17,19,23,25,27,30,36-37,40-46,49-53H,3-4,6,8-10,12,14-16,18,20-22,24,26,28-29,31-35H2,1-2H3,(H,54,55)/b7-5-,13-11-,19-17-,25-23-,30-27+/t36?,37-,40?,41-,42+,43-,44-,45?/m1/s1. The van der Waals surface area contributed by atoms with Gasteiger partial charge in [-0.1, -0.05) is 152 Å². The van der Waals surface area contributed by atoms with E-state index in [2.05, 4.69) is 50.3 Å². The molecule has 1 saturated carbocycles. The number of phosphoric acid groups is 1. The third kappa shape index (κ3) is 27.5. The molecule has 0 aromatic carbocycles. The molecule has 1 rings (SSSR count). The number of rotatable bonds is 35. The Hall–Kier alpha value is -2.49. The number of carbonyl (C=O) groups is 2. The van der Waals surface area contributed by atoms with Crippen LogP contribution in [-0.4, -0.2) is 110 Å². The monoisotopic (exact) mass is 873 g/mol. The second kappa shape index (κ2) is 35.0. The van der Waals surface area contributed by atoms with Crippen LogP contribution >= 0.6 is 7.82 Å². The summed E-state index contributed by atoms with van der Waals surface area (Å²) in [6.07, 6.45) is 24.5. The van der Waals surface area contributed by atoms with Gasteiger partial charge >= 0.3 is 19.8 Å². The first-order chi connectivity index (χ1) is 28.8. The highest BCUT2D eigenvalue weighted by Gasteiger charge is 2.51. The lowest BCUT2D eigenvalue weighted by atomic mass is 9.85. The topological polar surface area (TPSA) is 230 Å². The SMILES string of the molecule is CC/C=C\C/C=C\C/C=C\C/C=C\C=C\C(O)CCCC(=O)OC[C@H](COP(=O)(O)OC1[C@H](O)[C@H](O)C(O)[C@H](O)[C@H]1O)OC(=O)CCCCCCCCCCCCCCC. The molecule has 346 valence electrons. The van der Waals surface area contributed by atoms with Crippen LogP contribution in [0.25, 0.3) is 0 Å². The Morgan fingerprint density at radius 2 is 1.08 bits per heavy atom. The van der Waals surface area contributed by atoms with E-state index in [-0.39, 0.29) is 25.7 Å². The predicted molar refractivity (Wildman–Crippen MR) is 232 cm³/mol. The molecule has 1 aliphatic rings.